The third-order valence-corrected chi connectivity index (χ3v) is 5.64. The third kappa shape index (κ3) is 4.12. The minimum absolute atomic E-state index is 0.0223. The molecular weight excluding hydrogens is 403 g/mol. The molecule has 2 aromatic carbocycles. The maximum absolute atomic E-state index is 11.4. The highest BCUT2D eigenvalue weighted by Gasteiger charge is 2.19. The van der Waals surface area contributed by atoms with Gasteiger partial charge in [-0.2, -0.15) is 0 Å². The Bertz CT molecular complexity index is 930. The standard InChI is InChI=1S/C17H11Cl3N2O2S/c18-12-4-3-11(7-13(12)19)10-25-17-9-15(21-5-1-2-6-21)14(20)8-16(17)22(23)24/h1-9H,10H2. The first-order valence-electron chi connectivity index (χ1n) is 7.13. The van der Waals surface area contributed by atoms with Gasteiger partial charge in [0, 0.05) is 24.2 Å². The van der Waals surface area contributed by atoms with Crippen molar-refractivity contribution in [2.45, 2.75) is 10.6 Å². The zero-order valence-electron chi connectivity index (χ0n) is 12.7. The maximum Gasteiger partial charge on any atom is 0.284 e. The van der Waals surface area contributed by atoms with Gasteiger partial charge in [-0.05, 0) is 35.9 Å². The zero-order chi connectivity index (χ0) is 18.0. The van der Waals surface area contributed by atoms with E-state index in [4.69, 9.17) is 34.8 Å². The van der Waals surface area contributed by atoms with E-state index in [0.29, 0.717) is 31.4 Å². The second kappa shape index (κ2) is 7.70. The lowest BCUT2D eigenvalue weighted by atomic mass is 10.2. The van der Waals surface area contributed by atoms with Crippen LogP contribution in [0, 0.1) is 10.1 Å². The van der Waals surface area contributed by atoms with E-state index in [1.165, 1.54) is 17.8 Å². The Hall–Kier alpha value is -1.66. The molecule has 0 atom stereocenters. The smallest absolute Gasteiger partial charge is 0.284 e. The second-order valence-corrected chi connectivity index (χ2v) is 7.39. The van der Waals surface area contributed by atoms with E-state index < -0.39 is 4.92 Å². The first-order chi connectivity index (χ1) is 12.0. The van der Waals surface area contributed by atoms with Crippen molar-refractivity contribution in [2.24, 2.45) is 0 Å². The number of nitro benzene ring substituents is 1. The molecule has 4 nitrogen and oxygen atoms in total. The van der Waals surface area contributed by atoms with Gasteiger partial charge in [0.25, 0.3) is 5.69 Å². The highest BCUT2D eigenvalue weighted by Crippen LogP contribution is 2.37. The van der Waals surface area contributed by atoms with Crippen LogP contribution in [-0.4, -0.2) is 9.49 Å². The first-order valence-corrected chi connectivity index (χ1v) is 9.25. The molecule has 0 radical (unpaired) electrons. The Morgan fingerprint density at radius 3 is 2.36 bits per heavy atom. The monoisotopic (exact) mass is 412 g/mol. The molecule has 0 fully saturated rings. The number of aromatic nitrogens is 1. The molecule has 0 spiro atoms. The van der Waals surface area contributed by atoms with Crippen molar-refractivity contribution in [2.75, 3.05) is 0 Å². The SMILES string of the molecule is O=[N+]([O-])c1cc(Cl)c(-n2cccc2)cc1SCc1ccc(Cl)c(Cl)c1. The van der Waals surface area contributed by atoms with Crippen LogP contribution < -0.4 is 0 Å². The van der Waals surface area contributed by atoms with Gasteiger partial charge < -0.3 is 4.57 Å². The Labute approximate surface area is 163 Å². The number of benzene rings is 2. The average molecular weight is 414 g/mol. The second-order valence-electron chi connectivity index (χ2n) is 5.16. The molecule has 128 valence electrons. The van der Waals surface area contributed by atoms with E-state index in [2.05, 4.69) is 0 Å². The highest BCUT2D eigenvalue weighted by atomic mass is 35.5. The summed E-state index contributed by atoms with van der Waals surface area (Å²) in [5.74, 6) is 0.518. The third-order valence-electron chi connectivity index (χ3n) is 3.49. The molecule has 25 heavy (non-hydrogen) atoms. The van der Waals surface area contributed by atoms with Gasteiger partial charge in [0.05, 0.1) is 30.6 Å². The van der Waals surface area contributed by atoms with Crippen molar-refractivity contribution in [3.05, 3.63) is 85.6 Å². The van der Waals surface area contributed by atoms with Crippen molar-refractivity contribution in [1.82, 2.24) is 4.57 Å². The first kappa shape index (κ1) is 18.1. The van der Waals surface area contributed by atoms with E-state index in [1.54, 1.807) is 18.2 Å². The molecule has 0 saturated heterocycles. The van der Waals surface area contributed by atoms with Crippen LogP contribution in [-0.2, 0) is 5.75 Å². The van der Waals surface area contributed by atoms with E-state index in [-0.39, 0.29) is 5.69 Å². The largest absolute Gasteiger partial charge is 0.322 e. The number of hydrogen-bond donors (Lipinski definition) is 0. The zero-order valence-corrected chi connectivity index (χ0v) is 15.7. The molecule has 1 aromatic heterocycles. The summed E-state index contributed by atoms with van der Waals surface area (Å²) in [5, 5.41) is 12.6. The van der Waals surface area contributed by atoms with Gasteiger partial charge in [0.15, 0.2) is 0 Å². The fraction of sp³-hybridized carbons (Fsp3) is 0.0588. The van der Waals surface area contributed by atoms with Crippen molar-refractivity contribution in [1.29, 1.82) is 0 Å². The molecule has 0 unspecified atom stereocenters. The van der Waals surface area contributed by atoms with Crippen LogP contribution in [0.15, 0.2) is 59.8 Å². The molecule has 0 aliphatic heterocycles. The van der Waals surface area contributed by atoms with Crippen LogP contribution in [0.3, 0.4) is 0 Å². The number of thioether (sulfide) groups is 1. The average Bonchev–Trinajstić information content (AvgIpc) is 3.10. The molecule has 0 aliphatic carbocycles. The lowest BCUT2D eigenvalue weighted by molar-refractivity contribution is -0.387. The summed E-state index contributed by atoms with van der Waals surface area (Å²) >= 11 is 19.5. The summed E-state index contributed by atoms with van der Waals surface area (Å²) in [6.45, 7) is 0. The van der Waals surface area contributed by atoms with Crippen molar-refractivity contribution in [3.63, 3.8) is 0 Å². The molecule has 3 aromatic rings. The molecule has 8 heteroatoms. The van der Waals surface area contributed by atoms with Crippen molar-refractivity contribution >= 4 is 52.3 Å². The number of nitrogens with zero attached hydrogens (tertiary/aromatic N) is 2. The molecule has 0 bridgehead atoms. The van der Waals surface area contributed by atoms with Crippen LogP contribution in [0.5, 0.6) is 0 Å². The van der Waals surface area contributed by atoms with Crippen LogP contribution in [0.2, 0.25) is 15.1 Å². The maximum atomic E-state index is 11.4. The normalized spacial score (nSPS) is 10.8. The Kier molecular flexibility index (Phi) is 5.59. The molecule has 0 N–H and O–H groups in total. The minimum atomic E-state index is -0.428. The van der Waals surface area contributed by atoms with Gasteiger partial charge >= 0.3 is 0 Å². The topological polar surface area (TPSA) is 48.1 Å². The van der Waals surface area contributed by atoms with Crippen LogP contribution in [0.1, 0.15) is 5.56 Å². The molecular formula is C17H11Cl3N2O2S. The summed E-state index contributed by atoms with van der Waals surface area (Å²) in [4.78, 5) is 11.5. The van der Waals surface area contributed by atoms with E-state index in [9.17, 15) is 10.1 Å². The fourth-order valence-corrected chi connectivity index (χ4v) is 3.83. The van der Waals surface area contributed by atoms with Gasteiger partial charge in [-0.1, -0.05) is 40.9 Å². The number of rotatable bonds is 5. The molecule has 0 saturated carbocycles. The summed E-state index contributed by atoms with van der Waals surface area (Å²) in [6.07, 6.45) is 3.67. The van der Waals surface area contributed by atoms with Crippen molar-refractivity contribution in [3.8, 4) is 5.69 Å². The van der Waals surface area contributed by atoms with Gasteiger partial charge in [-0.3, -0.25) is 10.1 Å². The molecule has 1 heterocycles. The van der Waals surface area contributed by atoms with Crippen molar-refractivity contribution < 1.29 is 4.92 Å². The van der Waals surface area contributed by atoms with Gasteiger partial charge in [-0.25, -0.2) is 0 Å². The Balaban J connectivity index is 1.94. The lowest BCUT2D eigenvalue weighted by Gasteiger charge is -2.10. The number of halogens is 3. The quantitative estimate of drug-likeness (QED) is 0.268. The van der Waals surface area contributed by atoms with Gasteiger partial charge in [-0.15, -0.1) is 11.8 Å². The van der Waals surface area contributed by atoms with E-state index in [0.717, 1.165) is 5.56 Å². The Morgan fingerprint density at radius 2 is 1.72 bits per heavy atom. The summed E-state index contributed by atoms with van der Waals surface area (Å²) in [5.41, 5.74) is 1.59. The summed E-state index contributed by atoms with van der Waals surface area (Å²) < 4.78 is 1.81. The predicted molar refractivity (Wildman–Crippen MR) is 103 cm³/mol. The predicted octanol–water partition coefficient (Wildman–Crippen LogP) is 6.64. The minimum Gasteiger partial charge on any atom is -0.322 e. The number of nitro groups is 1. The van der Waals surface area contributed by atoms with Crippen LogP contribution >= 0.6 is 46.6 Å². The van der Waals surface area contributed by atoms with Crippen LogP contribution in [0.4, 0.5) is 5.69 Å². The summed E-state index contributed by atoms with van der Waals surface area (Å²) in [6, 6.07) is 12.1. The van der Waals surface area contributed by atoms with Gasteiger partial charge in [0.1, 0.15) is 0 Å². The summed E-state index contributed by atoms with van der Waals surface area (Å²) in [7, 11) is 0. The lowest BCUT2D eigenvalue weighted by Crippen LogP contribution is -1.97. The van der Waals surface area contributed by atoms with E-state index in [1.807, 2.05) is 35.2 Å². The number of hydrogen-bond acceptors (Lipinski definition) is 3. The molecule has 0 aliphatic rings. The molecule has 0 amide bonds. The Morgan fingerprint density at radius 1 is 1.00 bits per heavy atom. The highest BCUT2D eigenvalue weighted by molar-refractivity contribution is 7.98. The molecule has 3 rings (SSSR count). The van der Waals surface area contributed by atoms with Crippen LogP contribution in [0.25, 0.3) is 5.69 Å². The van der Waals surface area contributed by atoms with E-state index >= 15 is 0 Å². The fourth-order valence-electron chi connectivity index (χ4n) is 2.27. The van der Waals surface area contributed by atoms with Gasteiger partial charge in [0.2, 0.25) is 0 Å².